The van der Waals surface area contributed by atoms with Crippen molar-refractivity contribution in [1.82, 2.24) is 0 Å². The van der Waals surface area contributed by atoms with Gasteiger partial charge >= 0.3 is 0 Å². The molecule has 0 N–H and O–H groups in total. The zero-order valence-corrected chi connectivity index (χ0v) is 9.16. The Hall–Kier alpha value is -0.860. The van der Waals surface area contributed by atoms with Crippen LogP contribution >= 0.6 is 11.6 Å². The fraction of sp³-hybridized carbons (Fsp3) is 0.364. The lowest BCUT2D eigenvalue weighted by Gasteiger charge is -2.05. The van der Waals surface area contributed by atoms with E-state index in [1.807, 2.05) is 31.2 Å². The van der Waals surface area contributed by atoms with Crippen molar-refractivity contribution >= 4 is 17.8 Å². The highest BCUT2D eigenvalue weighted by Crippen LogP contribution is 2.08. The Bertz CT molecular complexity index is 291. The van der Waals surface area contributed by atoms with Crippen LogP contribution < -0.4 is 0 Å². The van der Waals surface area contributed by atoms with Crippen LogP contribution in [-0.2, 0) is 4.74 Å². The average molecular weight is 212 g/mol. The minimum Gasteiger partial charge on any atom is -0.360 e. The topological polar surface area (TPSA) is 21.6 Å². The Kier molecular flexibility index (Phi) is 4.63. The molecule has 1 atom stereocenters. The minimum absolute atomic E-state index is 0.0503. The monoisotopic (exact) mass is 211 g/mol. The third kappa shape index (κ3) is 3.48. The van der Waals surface area contributed by atoms with Gasteiger partial charge in [-0.3, -0.25) is 4.99 Å². The summed E-state index contributed by atoms with van der Waals surface area (Å²) in [6.45, 7) is 2.04. The van der Waals surface area contributed by atoms with E-state index in [1.165, 1.54) is 0 Å². The van der Waals surface area contributed by atoms with Crippen molar-refractivity contribution < 1.29 is 4.74 Å². The van der Waals surface area contributed by atoms with Gasteiger partial charge in [-0.25, -0.2) is 0 Å². The Morgan fingerprint density at radius 1 is 1.43 bits per heavy atom. The molecule has 0 saturated carbocycles. The van der Waals surface area contributed by atoms with E-state index in [0.29, 0.717) is 0 Å². The number of nitrogens with zero attached hydrogens (tertiary/aromatic N) is 1. The fourth-order valence-corrected chi connectivity index (χ4v) is 1.18. The number of hydrogen-bond donors (Lipinski definition) is 0. The summed E-state index contributed by atoms with van der Waals surface area (Å²) in [5.74, 6) is 0. The molecule has 1 aromatic carbocycles. The summed E-state index contributed by atoms with van der Waals surface area (Å²) in [5, 5.41) is 0.737. The molecular formula is C11H14ClNO. The van der Waals surface area contributed by atoms with Gasteiger partial charge in [-0.05, 0) is 24.1 Å². The van der Waals surface area contributed by atoms with E-state index in [4.69, 9.17) is 16.3 Å². The van der Waals surface area contributed by atoms with Crippen molar-refractivity contribution in [3.05, 3.63) is 34.9 Å². The summed E-state index contributed by atoms with van der Waals surface area (Å²) in [7, 11) is 1.66. The first-order valence-electron chi connectivity index (χ1n) is 4.57. The first-order valence-corrected chi connectivity index (χ1v) is 4.95. The summed E-state index contributed by atoms with van der Waals surface area (Å²) in [6.07, 6.45) is 2.62. The highest BCUT2D eigenvalue weighted by Gasteiger charge is 1.97. The second-order valence-corrected chi connectivity index (χ2v) is 3.36. The molecule has 1 aromatic rings. The molecule has 0 amide bonds. The van der Waals surface area contributed by atoms with Crippen LogP contribution in [0.25, 0.3) is 0 Å². The lowest BCUT2D eigenvalue weighted by atomic mass is 10.2. The lowest BCUT2D eigenvalue weighted by molar-refractivity contribution is 0.108. The van der Waals surface area contributed by atoms with Gasteiger partial charge in [0.25, 0.3) is 0 Å². The van der Waals surface area contributed by atoms with Gasteiger partial charge in [-0.2, -0.15) is 0 Å². The van der Waals surface area contributed by atoms with Crippen molar-refractivity contribution in [3.8, 4) is 0 Å². The smallest absolute Gasteiger partial charge is 0.147 e. The maximum atomic E-state index is 5.76. The number of aliphatic imine (C=N–C) groups is 1. The molecule has 1 unspecified atom stereocenters. The quantitative estimate of drug-likeness (QED) is 0.702. The molecule has 0 radical (unpaired) electrons. The van der Waals surface area contributed by atoms with E-state index in [-0.39, 0.29) is 6.23 Å². The Morgan fingerprint density at radius 3 is 2.57 bits per heavy atom. The highest BCUT2D eigenvalue weighted by atomic mass is 35.5. The molecule has 0 aliphatic heterocycles. The van der Waals surface area contributed by atoms with Crippen molar-refractivity contribution in [2.45, 2.75) is 19.6 Å². The SMILES string of the molecule is CCC(N=Cc1ccc(Cl)cc1)OC. The minimum atomic E-state index is -0.0503. The van der Waals surface area contributed by atoms with Gasteiger partial charge in [0, 0.05) is 18.3 Å². The predicted molar refractivity (Wildman–Crippen MR) is 60.1 cm³/mol. The third-order valence-corrected chi connectivity index (χ3v) is 2.13. The van der Waals surface area contributed by atoms with Gasteiger partial charge in [0.05, 0.1) is 0 Å². The fourth-order valence-electron chi connectivity index (χ4n) is 1.05. The first-order chi connectivity index (χ1) is 6.76. The Morgan fingerprint density at radius 2 is 2.07 bits per heavy atom. The molecule has 0 heterocycles. The van der Waals surface area contributed by atoms with Crippen LogP contribution in [0.5, 0.6) is 0 Å². The molecule has 0 aromatic heterocycles. The van der Waals surface area contributed by atoms with Gasteiger partial charge < -0.3 is 4.74 Å². The maximum absolute atomic E-state index is 5.76. The van der Waals surface area contributed by atoms with Crippen LogP contribution in [0.15, 0.2) is 29.3 Å². The molecule has 0 bridgehead atoms. The summed E-state index contributed by atoms with van der Waals surface area (Å²) >= 11 is 5.76. The summed E-state index contributed by atoms with van der Waals surface area (Å²) in [6, 6.07) is 7.54. The first kappa shape index (κ1) is 11.2. The molecule has 14 heavy (non-hydrogen) atoms. The van der Waals surface area contributed by atoms with Crippen LogP contribution in [0.3, 0.4) is 0 Å². The molecule has 0 spiro atoms. The highest BCUT2D eigenvalue weighted by molar-refractivity contribution is 6.30. The van der Waals surface area contributed by atoms with Gasteiger partial charge in [0.2, 0.25) is 0 Å². The van der Waals surface area contributed by atoms with Gasteiger partial charge in [0.1, 0.15) is 6.23 Å². The number of benzene rings is 1. The van der Waals surface area contributed by atoms with Crippen LogP contribution in [0.2, 0.25) is 5.02 Å². The summed E-state index contributed by atoms with van der Waals surface area (Å²) in [5.41, 5.74) is 1.03. The number of halogens is 1. The number of rotatable bonds is 4. The Labute approximate surface area is 89.6 Å². The van der Waals surface area contributed by atoms with Crippen molar-refractivity contribution in [2.24, 2.45) is 4.99 Å². The van der Waals surface area contributed by atoms with Gasteiger partial charge in [-0.1, -0.05) is 30.7 Å². The molecule has 3 heteroatoms. The van der Waals surface area contributed by atoms with Crippen LogP contribution in [0, 0.1) is 0 Å². The van der Waals surface area contributed by atoms with Crippen LogP contribution in [0.4, 0.5) is 0 Å². The second-order valence-electron chi connectivity index (χ2n) is 2.93. The molecule has 2 nitrogen and oxygen atoms in total. The average Bonchev–Trinajstić information content (AvgIpc) is 2.22. The Balaban J connectivity index is 2.63. The predicted octanol–water partition coefficient (Wildman–Crippen LogP) is 3.14. The van der Waals surface area contributed by atoms with Gasteiger partial charge in [0.15, 0.2) is 0 Å². The molecule has 0 fully saturated rings. The van der Waals surface area contributed by atoms with Crippen molar-refractivity contribution in [3.63, 3.8) is 0 Å². The second kappa shape index (κ2) is 5.78. The van der Waals surface area contributed by atoms with E-state index in [0.717, 1.165) is 17.0 Å². The molecule has 0 aliphatic rings. The van der Waals surface area contributed by atoms with E-state index in [2.05, 4.69) is 4.99 Å². The number of ether oxygens (including phenoxy) is 1. The van der Waals surface area contributed by atoms with Gasteiger partial charge in [-0.15, -0.1) is 0 Å². The zero-order chi connectivity index (χ0) is 10.4. The van der Waals surface area contributed by atoms with E-state index in [9.17, 15) is 0 Å². The number of hydrogen-bond acceptors (Lipinski definition) is 2. The molecular weight excluding hydrogens is 198 g/mol. The number of methoxy groups -OCH3 is 1. The van der Waals surface area contributed by atoms with E-state index < -0.39 is 0 Å². The van der Waals surface area contributed by atoms with Crippen molar-refractivity contribution in [1.29, 1.82) is 0 Å². The van der Waals surface area contributed by atoms with Crippen LogP contribution in [0.1, 0.15) is 18.9 Å². The third-order valence-electron chi connectivity index (χ3n) is 1.88. The molecule has 0 saturated heterocycles. The largest absolute Gasteiger partial charge is 0.360 e. The standard InChI is InChI=1S/C11H14ClNO/c1-3-11(14-2)13-8-9-4-6-10(12)7-5-9/h4-8,11H,3H2,1-2H3. The molecule has 1 rings (SSSR count). The van der Waals surface area contributed by atoms with Crippen molar-refractivity contribution in [2.75, 3.05) is 7.11 Å². The molecule has 0 aliphatic carbocycles. The normalized spacial score (nSPS) is 13.4. The lowest BCUT2D eigenvalue weighted by Crippen LogP contribution is -2.05. The summed E-state index contributed by atoms with van der Waals surface area (Å²) in [4.78, 5) is 4.27. The van der Waals surface area contributed by atoms with Crippen LogP contribution in [-0.4, -0.2) is 19.6 Å². The maximum Gasteiger partial charge on any atom is 0.147 e. The summed E-state index contributed by atoms with van der Waals surface area (Å²) < 4.78 is 5.12. The molecule has 76 valence electrons. The zero-order valence-electron chi connectivity index (χ0n) is 8.40. The van der Waals surface area contributed by atoms with E-state index in [1.54, 1.807) is 13.3 Å². The van der Waals surface area contributed by atoms with E-state index >= 15 is 0 Å².